The molecule has 3 atom stereocenters. The molecule has 1 N–H and O–H groups in total. The maximum Gasteiger partial charge on any atom is 0.254 e. The number of aryl methyl sites for hydroxylation is 2. The zero-order valence-corrected chi connectivity index (χ0v) is 17.0. The van der Waals surface area contributed by atoms with Crippen LogP contribution in [0.1, 0.15) is 35.9 Å². The van der Waals surface area contributed by atoms with Gasteiger partial charge in [-0.1, -0.05) is 0 Å². The number of amides is 1. The number of benzene rings is 1. The van der Waals surface area contributed by atoms with Crippen molar-refractivity contribution in [1.82, 2.24) is 19.4 Å². The van der Waals surface area contributed by atoms with Crippen molar-refractivity contribution < 1.29 is 14.6 Å². The molecule has 2 aromatic rings. The molecule has 1 aliphatic carbocycles. The van der Waals surface area contributed by atoms with Gasteiger partial charge in [-0.2, -0.15) is 0 Å². The smallest absolute Gasteiger partial charge is 0.254 e. The van der Waals surface area contributed by atoms with Gasteiger partial charge in [-0.3, -0.25) is 9.69 Å². The summed E-state index contributed by atoms with van der Waals surface area (Å²) in [5, 5.41) is 10.9. The third-order valence-corrected chi connectivity index (χ3v) is 6.38. The maximum absolute atomic E-state index is 13.1. The Kier molecular flexibility index (Phi) is 5.40. The normalized spacial score (nSPS) is 26.1. The first-order chi connectivity index (χ1) is 13.5. The summed E-state index contributed by atoms with van der Waals surface area (Å²) in [6.07, 6.45) is 1.19. The number of hydrogen-bond acceptors (Lipinski definition) is 5. The molecule has 152 valence electrons. The Labute approximate surface area is 165 Å². The lowest BCUT2D eigenvalue weighted by molar-refractivity contribution is -0.0231. The molecule has 28 heavy (non-hydrogen) atoms. The van der Waals surface area contributed by atoms with E-state index in [1.54, 1.807) is 11.9 Å². The molecule has 1 saturated heterocycles. The van der Waals surface area contributed by atoms with E-state index in [2.05, 4.69) is 21.4 Å². The molecule has 7 nitrogen and oxygen atoms in total. The van der Waals surface area contributed by atoms with Crippen LogP contribution in [0, 0.1) is 6.92 Å². The fourth-order valence-electron chi connectivity index (χ4n) is 4.81. The largest absolute Gasteiger partial charge is 0.389 e. The Morgan fingerprint density at radius 2 is 2.07 bits per heavy atom. The third-order valence-electron chi connectivity index (χ3n) is 6.38. The summed E-state index contributed by atoms with van der Waals surface area (Å²) in [4.78, 5) is 21.7. The van der Waals surface area contributed by atoms with Crippen molar-refractivity contribution in [3.05, 3.63) is 29.6 Å². The number of carbonyl (C=O) groups is 1. The number of carbonyl (C=O) groups excluding carboxylic acids is 1. The minimum atomic E-state index is -0.530. The van der Waals surface area contributed by atoms with Gasteiger partial charge in [0.15, 0.2) is 0 Å². The molecule has 1 aromatic carbocycles. The molecule has 0 unspecified atom stereocenters. The molecule has 2 aliphatic rings. The number of aliphatic hydroxyl groups is 1. The van der Waals surface area contributed by atoms with Gasteiger partial charge in [0.25, 0.3) is 5.91 Å². The highest BCUT2D eigenvalue weighted by atomic mass is 16.5. The fraction of sp³-hybridized carbons (Fsp3) is 0.619. The summed E-state index contributed by atoms with van der Waals surface area (Å²) in [5.41, 5.74) is 2.52. The van der Waals surface area contributed by atoms with Crippen LogP contribution in [0.5, 0.6) is 0 Å². The number of fused-ring (bicyclic) bond motifs is 1. The van der Waals surface area contributed by atoms with Crippen LogP contribution in [0.15, 0.2) is 18.2 Å². The summed E-state index contributed by atoms with van der Waals surface area (Å²) in [6.45, 7) is 8.06. The minimum absolute atomic E-state index is 0.0581. The highest BCUT2D eigenvalue weighted by Gasteiger charge is 2.41. The van der Waals surface area contributed by atoms with E-state index in [0.717, 1.165) is 49.3 Å². The number of nitrogens with zero attached hydrogens (tertiary/aromatic N) is 4. The first-order valence-corrected chi connectivity index (χ1v) is 10.2. The van der Waals surface area contributed by atoms with E-state index in [0.29, 0.717) is 18.8 Å². The number of rotatable bonds is 4. The van der Waals surface area contributed by atoms with E-state index in [1.807, 2.05) is 25.1 Å². The average molecular weight is 386 g/mol. The summed E-state index contributed by atoms with van der Waals surface area (Å²) in [5.74, 6) is 0.896. The Hall–Kier alpha value is -1.96. The predicted octanol–water partition coefficient (Wildman–Crippen LogP) is 1.66. The minimum Gasteiger partial charge on any atom is -0.389 e. The van der Waals surface area contributed by atoms with Gasteiger partial charge in [-0.05, 0) is 44.9 Å². The van der Waals surface area contributed by atoms with E-state index in [-0.39, 0.29) is 18.0 Å². The molecule has 2 fully saturated rings. The first-order valence-electron chi connectivity index (χ1n) is 10.2. The van der Waals surface area contributed by atoms with E-state index >= 15 is 0 Å². The average Bonchev–Trinajstić information content (AvgIpc) is 3.25. The lowest BCUT2D eigenvalue weighted by atomic mass is 10.1. The van der Waals surface area contributed by atoms with Crippen molar-refractivity contribution in [3.8, 4) is 0 Å². The molecular weight excluding hydrogens is 356 g/mol. The molecule has 0 spiro atoms. The van der Waals surface area contributed by atoms with E-state index in [4.69, 9.17) is 4.74 Å². The Bertz CT molecular complexity index is 859. The van der Waals surface area contributed by atoms with Gasteiger partial charge in [0.2, 0.25) is 0 Å². The van der Waals surface area contributed by atoms with Crippen LogP contribution in [-0.4, -0.2) is 81.9 Å². The summed E-state index contributed by atoms with van der Waals surface area (Å²) in [6, 6.07) is 5.66. The van der Waals surface area contributed by atoms with Gasteiger partial charge < -0.3 is 19.3 Å². The van der Waals surface area contributed by atoms with Gasteiger partial charge in [-0.25, -0.2) is 4.98 Å². The zero-order chi connectivity index (χ0) is 19.8. The molecule has 7 heteroatoms. The Morgan fingerprint density at radius 1 is 1.32 bits per heavy atom. The van der Waals surface area contributed by atoms with E-state index in [1.165, 1.54) is 0 Å². The second-order valence-electron chi connectivity index (χ2n) is 7.87. The standard InChI is InChI=1S/C21H30N4O3/c1-4-25-14(2)22-16-13-15(5-6-17(16)25)21(27)23(3)18-7-8-19(20(18)26)24-9-11-28-12-10-24/h5-6,13,18-20,26H,4,7-12H2,1-3H3/t18-,19-,20-/m1/s1. The molecule has 0 radical (unpaired) electrons. The quantitative estimate of drug-likeness (QED) is 0.865. The highest BCUT2D eigenvalue weighted by Crippen LogP contribution is 2.30. The molecular formula is C21H30N4O3. The SMILES string of the molecule is CCn1c(C)nc2cc(C(=O)N(C)[C@@H]3CC[C@@H](N4CCOCC4)[C@@H]3O)ccc21. The molecule has 2 heterocycles. The zero-order valence-electron chi connectivity index (χ0n) is 17.0. The molecule has 1 saturated carbocycles. The topological polar surface area (TPSA) is 70.8 Å². The number of likely N-dealkylation sites (N-methyl/N-ethyl adjacent to an activating group) is 1. The second-order valence-corrected chi connectivity index (χ2v) is 7.87. The van der Waals surface area contributed by atoms with E-state index in [9.17, 15) is 9.90 Å². The van der Waals surface area contributed by atoms with Gasteiger partial charge in [0.05, 0.1) is 36.4 Å². The fourth-order valence-corrected chi connectivity index (χ4v) is 4.81. The van der Waals surface area contributed by atoms with E-state index < -0.39 is 6.10 Å². The number of imidazole rings is 1. The van der Waals surface area contributed by atoms with Crippen molar-refractivity contribution in [2.24, 2.45) is 0 Å². The van der Waals surface area contributed by atoms with Crippen molar-refractivity contribution in [2.45, 2.75) is 51.4 Å². The summed E-state index contributed by atoms with van der Waals surface area (Å²) >= 11 is 0. The highest BCUT2D eigenvalue weighted by molar-refractivity contribution is 5.97. The lowest BCUT2D eigenvalue weighted by Gasteiger charge is -2.36. The van der Waals surface area contributed by atoms with Crippen LogP contribution in [-0.2, 0) is 11.3 Å². The first kappa shape index (κ1) is 19.4. The number of hydrogen-bond donors (Lipinski definition) is 1. The van der Waals surface area contributed by atoms with Crippen LogP contribution >= 0.6 is 0 Å². The van der Waals surface area contributed by atoms with Crippen LogP contribution in [0.4, 0.5) is 0 Å². The van der Waals surface area contributed by atoms with Gasteiger partial charge in [0, 0.05) is 38.3 Å². The monoisotopic (exact) mass is 386 g/mol. The van der Waals surface area contributed by atoms with Gasteiger partial charge in [-0.15, -0.1) is 0 Å². The number of aliphatic hydroxyl groups excluding tert-OH is 1. The van der Waals surface area contributed by atoms with Crippen molar-refractivity contribution in [1.29, 1.82) is 0 Å². The van der Waals surface area contributed by atoms with Crippen LogP contribution in [0.3, 0.4) is 0 Å². The van der Waals surface area contributed by atoms with Crippen molar-refractivity contribution in [3.63, 3.8) is 0 Å². The molecule has 1 aromatic heterocycles. The van der Waals surface area contributed by atoms with Gasteiger partial charge >= 0.3 is 0 Å². The predicted molar refractivity (Wildman–Crippen MR) is 107 cm³/mol. The van der Waals surface area contributed by atoms with Crippen molar-refractivity contribution >= 4 is 16.9 Å². The van der Waals surface area contributed by atoms with Crippen molar-refractivity contribution in [2.75, 3.05) is 33.4 Å². The third kappa shape index (κ3) is 3.32. The molecule has 4 rings (SSSR count). The molecule has 1 amide bonds. The Balaban J connectivity index is 1.51. The maximum atomic E-state index is 13.1. The summed E-state index contributed by atoms with van der Waals surface area (Å²) in [7, 11) is 1.80. The number of aromatic nitrogens is 2. The number of ether oxygens (including phenoxy) is 1. The number of morpholine rings is 1. The summed E-state index contributed by atoms with van der Waals surface area (Å²) < 4.78 is 7.56. The molecule has 1 aliphatic heterocycles. The van der Waals surface area contributed by atoms with Crippen LogP contribution in [0.25, 0.3) is 11.0 Å². The van der Waals surface area contributed by atoms with Crippen LogP contribution in [0.2, 0.25) is 0 Å². The van der Waals surface area contributed by atoms with Crippen LogP contribution < -0.4 is 0 Å². The second kappa shape index (κ2) is 7.81. The lowest BCUT2D eigenvalue weighted by Crippen LogP contribution is -2.51. The Morgan fingerprint density at radius 3 is 2.79 bits per heavy atom. The van der Waals surface area contributed by atoms with Gasteiger partial charge in [0.1, 0.15) is 5.82 Å². The molecule has 0 bridgehead atoms.